The molecule has 0 aliphatic carbocycles. The number of carbonyl (C=O) groups excluding carboxylic acids is 1. The van der Waals surface area contributed by atoms with Crippen molar-refractivity contribution in [3.05, 3.63) is 75.2 Å². The molecule has 1 heterocycles. The van der Waals surface area contributed by atoms with Crippen LogP contribution >= 0.6 is 11.3 Å². The number of benzene rings is 2. The quantitative estimate of drug-likeness (QED) is 0.383. The fraction of sp³-hybridized carbons (Fsp3) is 0.407. The molecule has 1 atom stereocenters. The minimum Gasteiger partial charge on any atom is -0.493 e. The van der Waals surface area contributed by atoms with Gasteiger partial charge in [-0.25, -0.2) is 4.98 Å². The number of aryl methyl sites for hydroxylation is 1. The van der Waals surface area contributed by atoms with E-state index in [0.29, 0.717) is 12.2 Å². The maximum absolute atomic E-state index is 12.5. The van der Waals surface area contributed by atoms with Gasteiger partial charge in [-0.1, -0.05) is 42.8 Å². The standard InChI is InChI=1S/C27H35N3O3S/c1-6-20(3)28-27(31)23-18-34-26(29-23)17-30(16-22-9-7-19(2)8-10-22)14-13-21-11-12-24(32-4)25(15-21)33-5/h7-12,15,18,20H,6,13-14,16-17H2,1-5H3,(H,28,31). The zero-order chi connectivity index (χ0) is 24.5. The van der Waals surface area contributed by atoms with Crippen LogP contribution in [0.3, 0.4) is 0 Å². The normalized spacial score (nSPS) is 11.9. The molecule has 0 radical (unpaired) electrons. The van der Waals surface area contributed by atoms with Crippen molar-refractivity contribution in [2.45, 2.75) is 52.7 Å². The fourth-order valence-electron chi connectivity index (χ4n) is 3.57. The Hall–Kier alpha value is -2.90. The average molecular weight is 482 g/mol. The Morgan fingerprint density at radius 1 is 1.06 bits per heavy atom. The van der Waals surface area contributed by atoms with Gasteiger partial charge in [0.15, 0.2) is 11.5 Å². The van der Waals surface area contributed by atoms with Crippen LogP contribution in [0.2, 0.25) is 0 Å². The molecule has 1 unspecified atom stereocenters. The minimum atomic E-state index is -0.104. The van der Waals surface area contributed by atoms with E-state index in [2.05, 4.69) is 59.4 Å². The predicted molar refractivity (Wildman–Crippen MR) is 138 cm³/mol. The number of rotatable bonds is 12. The second-order valence-electron chi connectivity index (χ2n) is 8.54. The van der Waals surface area contributed by atoms with E-state index >= 15 is 0 Å². The predicted octanol–water partition coefficient (Wildman–Crippen LogP) is 5.24. The summed E-state index contributed by atoms with van der Waals surface area (Å²) in [6.07, 6.45) is 1.75. The molecule has 0 aliphatic rings. The lowest BCUT2D eigenvalue weighted by Crippen LogP contribution is -2.32. The molecule has 0 saturated carbocycles. The van der Waals surface area contributed by atoms with E-state index in [9.17, 15) is 4.79 Å². The molecule has 2 aromatic carbocycles. The van der Waals surface area contributed by atoms with Crippen LogP contribution in [0.15, 0.2) is 47.8 Å². The van der Waals surface area contributed by atoms with Crippen molar-refractivity contribution in [3.8, 4) is 11.5 Å². The van der Waals surface area contributed by atoms with E-state index in [1.165, 1.54) is 28.0 Å². The van der Waals surface area contributed by atoms with E-state index in [1.54, 1.807) is 14.2 Å². The lowest BCUT2D eigenvalue weighted by atomic mass is 10.1. The van der Waals surface area contributed by atoms with E-state index in [4.69, 9.17) is 9.47 Å². The molecule has 182 valence electrons. The highest BCUT2D eigenvalue weighted by atomic mass is 32.1. The third-order valence-electron chi connectivity index (χ3n) is 5.82. The molecule has 0 fully saturated rings. The van der Waals surface area contributed by atoms with Crippen molar-refractivity contribution in [2.24, 2.45) is 0 Å². The first-order valence-corrected chi connectivity index (χ1v) is 12.5. The third-order valence-corrected chi connectivity index (χ3v) is 6.66. The van der Waals surface area contributed by atoms with E-state index < -0.39 is 0 Å². The van der Waals surface area contributed by atoms with Crippen molar-refractivity contribution in [2.75, 3.05) is 20.8 Å². The Morgan fingerprint density at radius 3 is 2.44 bits per heavy atom. The molecule has 0 spiro atoms. The second kappa shape index (κ2) is 12.5. The van der Waals surface area contributed by atoms with Crippen LogP contribution in [-0.2, 0) is 19.5 Å². The zero-order valence-electron chi connectivity index (χ0n) is 20.8. The molecule has 1 amide bonds. The van der Waals surface area contributed by atoms with E-state index in [1.807, 2.05) is 24.4 Å². The van der Waals surface area contributed by atoms with Crippen LogP contribution in [0.1, 0.15) is 52.5 Å². The van der Waals surface area contributed by atoms with Gasteiger partial charge in [0.2, 0.25) is 0 Å². The zero-order valence-corrected chi connectivity index (χ0v) is 21.6. The summed E-state index contributed by atoms with van der Waals surface area (Å²) in [5.74, 6) is 1.36. The van der Waals surface area contributed by atoms with Crippen molar-refractivity contribution >= 4 is 17.2 Å². The van der Waals surface area contributed by atoms with Gasteiger partial charge in [-0.3, -0.25) is 9.69 Å². The van der Waals surface area contributed by atoms with Gasteiger partial charge in [0.05, 0.1) is 20.8 Å². The monoisotopic (exact) mass is 481 g/mol. The molecule has 0 saturated heterocycles. The highest BCUT2D eigenvalue weighted by Gasteiger charge is 2.16. The maximum Gasteiger partial charge on any atom is 0.270 e. The lowest BCUT2D eigenvalue weighted by Gasteiger charge is -2.22. The summed E-state index contributed by atoms with van der Waals surface area (Å²) < 4.78 is 10.8. The number of hydrogen-bond donors (Lipinski definition) is 1. The van der Waals surface area contributed by atoms with Gasteiger partial charge in [-0.15, -0.1) is 11.3 Å². The van der Waals surface area contributed by atoms with Crippen LogP contribution in [0.25, 0.3) is 0 Å². The van der Waals surface area contributed by atoms with Crippen LogP contribution in [-0.4, -0.2) is 42.6 Å². The van der Waals surface area contributed by atoms with Crippen LogP contribution < -0.4 is 14.8 Å². The summed E-state index contributed by atoms with van der Waals surface area (Å²) in [5.41, 5.74) is 4.18. The number of carbonyl (C=O) groups is 1. The van der Waals surface area contributed by atoms with Crippen molar-refractivity contribution in [1.29, 1.82) is 0 Å². The summed E-state index contributed by atoms with van der Waals surface area (Å²) in [7, 11) is 3.30. The number of nitrogens with one attached hydrogen (secondary N) is 1. The van der Waals surface area contributed by atoms with Gasteiger partial charge in [-0.05, 0) is 49.9 Å². The molecule has 6 nitrogen and oxygen atoms in total. The molecule has 0 aliphatic heterocycles. The average Bonchev–Trinajstić information content (AvgIpc) is 3.32. The molecule has 3 rings (SSSR count). The molecule has 3 aromatic rings. The summed E-state index contributed by atoms with van der Waals surface area (Å²) in [5, 5.41) is 5.79. The van der Waals surface area contributed by atoms with Crippen molar-refractivity contribution < 1.29 is 14.3 Å². The Balaban J connectivity index is 1.72. The van der Waals surface area contributed by atoms with Gasteiger partial charge in [0.25, 0.3) is 5.91 Å². The number of nitrogens with zero attached hydrogens (tertiary/aromatic N) is 2. The summed E-state index contributed by atoms with van der Waals surface area (Å²) >= 11 is 1.54. The first-order valence-electron chi connectivity index (χ1n) is 11.7. The van der Waals surface area contributed by atoms with E-state index in [0.717, 1.165) is 42.4 Å². The smallest absolute Gasteiger partial charge is 0.270 e. The SMILES string of the molecule is CCC(C)NC(=O)c1csc(CN(CCc2ccc(OC)c(OC)c2)Cc2ccc(C)cc2)n1. The van der Waals surface area contributed by atoms with Crippen LogP contribution in [0.4, 0.5) is 0 Å². The van der Waals surface area contributed by atoms with Gasteiger partial charge in [0.1, 0.15) is 10.7 Å². The first-order chi connectivity index (χ1) is 16.4. The van der Waals surface area contributed by atoms with Crippen LogP contribution in [0.5, 0.6) is 11.5 Å². The molecule has 1 aromatic heterocycles. The Bertz CT molecular complexity index is 1070. The molecule has 1 N–H and O–H groups in total. The highest BCUT2D eigenvalue weighted by Crippen LogP contribution is 2.28. The molecular formula is C27H35N3O3S. The van der Waals surface area contributed by atoms with Crippen LogP contribution in [0, 0.1) is 6.92 Å². The highest BCUT2D eigenvalue weighted by molar-refractivity contribution is 7.09. The summed E-state index contributed by atoms with van der Waals surface area (Å²) in [6, 6.07) is 14.8. The largest absolute Gasteiger partial charge is 0.493 e. The van der Waals surface area contributed by atoms with Crippen molar-refractivity contribution in [3.63, 3.8) is 0 Å². The Morgan fingerprint density at radius 2 is 1.76 bits per heavy atom. The van der Waals surface area contributed by atoms with Gasteiger partial charge in [0, 0.05) is 24.5 Å². The molecular weight excluding hydrogens is 446 g/mol. The number of amides is 1. The number of methoxy groups -OCH3 is 2. The maximum atomic E-state index is 12.5. The second-order valence-corrected chi connectivity index (χ2v) is 9.49. The molecule has 7 heteroatoms. The Labute approximate surface area is 206 Å². The minimum absolute atomic E-state index is 0.104. The molecule has 0 bridgehead atoms. The van der Waals surface area contributed by atoms with Gasteiger partial charge >= 0.3 is 0 Å². The first kappa shape index (κ1) is 25.7. The topological polar surface area (TPSA) is 63.7 Å². The number of thiazole rings is 1. The van der Waals surface area contributed by atoms with E-state index in [-0.39, 0.29) is 11.9 Å². The number of hydrogen-bond acceptors (Lipinski definition) is 6. The molecule has 34 heavy (non-hydrogen) atoms. The van der Waals surface area contributed by atoms with Gasteiger partial charge in [-0.2, -0.15) is 0 Å². The van der Waals surface area contributed by atoms with Gasteiger partial charge < -0.3 is 14.8 Å². The fourth-order valence-corrected chi connectivity index (χ4v) is 4.38. The Kier molecular flexibility index (Phi) is 9.48. The lowest BCUT2D eigenvalue weighted by molar-refractivity contribution is 0.0934. The summed E-state index contributed by atoms with van der Waals surface area (Å²) in [6.45, 7) is 8.49. The van der Waals surface area contributed by atoms with Crippen molar-refractivity contribution in [1.82, 2.24) is 15.2 Å². The number of aromatic nitrogens is 1. The summed E-state index contributed by atoms with van der Waals surface area (Å²) in [4.78, 5) is 19.5. The number of ether oxygens (including phenoxy) is 2. The third kappa shape index (κ3) is 7.30.